The molecule has 5 rings (SSSR count). The van der Waals surface area contributed by atoms with Crippen LogP contribution in [0.15, 0.2) is 66.3 Å². The number of carbonyl (C=O) groups excluding carboxylic acids is 1. The fourth-order valence-corrected chi connectivity index (χ4v) is 4.95. The number of carbonyl (C=O) groups is 1. The van der Waals surface area contributed by atoms with Gasteiger partial charge >= 0.3 is 0 Å². The predicted molar refractivity (Wildman–Crippen MR) is 154 cm³/mol. The second-order valence-electron chi connectivity index (χ2n) is 9.90. The number of fused-ring (bicyclic) bond motifs is 2. The molecule has 1 fully saturated rings. The van der Waals surface area contributed by atoms with Crippen molar-refractivity contribution in [1.29, 1.82) is 5.41 Å². The molecule has 4 aromatic rings. The highest BCUT2D eigenvalue weighted by Crippen LogP contribution is 2.28. The molecular weight excluding hydrogens is 494 g/mol. The van der Waals surface area contributed by atoms with Crippen LogP contribution in [-0.4, -0.2) is 54.8 Å². The zero-order chi connectivity index (χ0) is 27.5. The van der Waals surface area contributed by atoms with E-state index in [9.17, 15) is 9.59 Å². The number of aromatic nitrogens is 5. The summed E-state index contributed by atoms with van der Waals surface area (Å²) >= 11 is 0. The van der Waals surface area contributed by atoms with Crippen molar-refractivity contribution in [3.8, 4) is 0 Å². The minimum absolute atomic E-state index is 0.0357. The SMILES string of the molecule is C=CCn1c(=O)c2cnc(Nc3ccc4c(ccn4C4CCNCC4)c3)nc2n1C(=N)/C=C\C(=O)NC(C)C. The van der Waals surface area contributed by atoms with E-state index in [1.54, 1.807) is 6.08 Å². The van der Waals surface area contributed by atoms with Crippen LogP contribution in [0.2, 0.25) is 0 Å². The number of amides is 1. The van der Waals surface area contributed by atoms with Gasteiger partial charge in [-0.25, -0.2) is 14.3 Å². The quantitative estimate of drug-likeness (QED) is 0.120. The number of hydrogen-bond acceptors (Lipinski definition) is 7. The number of nitrogens with zero attached hydrogens (tertiary/aromatic N) is 5. The Balaban J connectivity index is 1.46. The molecule has 11 nitrogen and oxygen atoms in total. The van der Waals surface area contributed by atoms with Crippen LogP contribution in [0.5, 0.6) is 0 Å². The predicted octanol–water partition coefficient (Wildman–Crippen LogP) is 3.31. The van der Waals surface area contributed by atoms with Crippen LogP contribution in [0.25, 0.3) is 21.9 Å². The lowest BCUT2D eigenvalue weighted by atomic mass is 10.1. The first-order valence-corrected chi connectivity index (χ1v) is 13.1. The minimum atomic E-state index is -0.345. The fraction of sp³-hybridized carbons (Fsp3) is 0.321. The van der Waals surface area contributed by atoms with Crippen molar-refractivity contribution in [3.63, 3.8) is 0 Å². The Morgan fingerprint density at radius 1 is 1.26 bits per heavy atom. The average Bonchev–Trinajstić information content (AvgIpc) is 3.46. The lowest BCUT2D eigenvalue weighted by Gasteiger charge is -2.25. The molecule has 0 radical (unpaired) electrons. The third kappa shape index (κ3) is 5.39. The summed E-state index contributed by atoms with van der Waals surface area (Å²) in [6.07, 6.45) is 9.99. The number of hydrogen-bond donors (Lipinski definition) is 4. The molecule has 0 bridgehead atoms. The Hall–Kier alpha value is -4.51. The van der Waals surface area contributed by atoms with E-state index in [4.69, 9.17) is 5.41 Å². The summed E-state index contributed by atoms with van der Waals surface area (Å²) < 4.78 is 5.07. The van der Waals surface area contributed by atoms with Gasteiger partial charge in [0.15, 0.2) is 5.65 Å². The molecule has 1 aromatic carbocycles. The summed E-state index contributed by atoms with van der Waals surface area (Å²) in [7, 11) is 0. The van der Waals surface area contributed by atoms with Gasteiger partial charge in [0.25, 0.3) is 5.56 Å². The molecule has 0 aliphatic carbocycles. The van der Waals surface area contributed by atoms with Crippen LogP contribution >= 0.6 is 0 Å². The van der Waals surface area contributed by atoms with E-state index >= 15 is 0 Å². The molecule has 1 amide bonds. The highest BCUT2D eigenvalue weighted by molar-refractivity contribution is 6.02. The maximum atomic E-state index is 13.1. The molecule has 4 N–H and O–H groups in total. The highest BCUT2D eigenvalue weighted by Gasteiger charge is 2.19. The molecule has 202 valence electrons. The molecule has 1 aliphatic heterocycles. The van der Waals surface area contributed by atoms with Gasteiger partial charge < -0.3 is 20.5 Å². The summed E-state index contributed by atoms with van der Waals surface area (Å²) in [5, 5.41) is 19.4. The first kappa shape index (κ1) is 26.1. The summed E-state index contributed by atoms with van der Waals surface area (Å²) in [5.41, 5.74) is 1.91. The maximum absolute atomic E-state index is 13.1. The van der Waals surface area contributed by atoms with Crippen LogP contribution in [-0.2, 0) is 11.3 Å². The Bertz CT molecular complexity index is 1630. The van der Waals surface area contributed by atoms with Crippen LogP contribution < -0.4 is 21.5 Å². The summed E-state index contributed by atoms with van der Waals surface area (Å²) in [6, 6.07) is 8.70. The molecular formula is C28H33N9O2. The van der Waals surface area contributed by atoms with Gasteiger partial charge in [-0.15, -0.1) is 6.58 Å². The third-order valence-electron chi connectivity index (χ3n) is 6.71. The van der Waals surface area contributed by atoms with E-state index in [1.807, 2.05) is 19.9 Å². The van der Waals surface area contributed by atoms with Crippen LogP contribution in [0.3, 0.4) is 0 Å². The first-order valence-electron chi connectivity index (χ1n) is 13.1. The topological polar surface area (TPSA) is 135 Å². The summed E-state index contributed by atoms with van der Waals surface area (Å²) in [4.78, 5) is 34.1. The second kappa shape index (κ2) is 11.1. The van der Waals surface area contributed by atoms with E-state index in [0.717, 1.165) is 37.0 Å². The molecule has 0 unspecified atom stereocenters. The van der Waals surface area contributed by atoms with Crippen LogP contribution in [0.4, 0.5) is 11.6 Å². The van der Waals surface area contributed by atoms with Crippen molar-refractivity contribution in [2.45, 2.75) is 45.3 Å². The molecule has 0 atom stereocenters. The largest absolute Gasteiger partial charge is 0.350 e. The number of allylic oxidation sites excluding steroid dienone is 2. The van der Waals surface area contributed by atoms with Gasteiger partial charge in [-0.1, -0.05) is 6.08 Å². The normalized spacial score (nSPS) is 14.4. The Kier molecular flexibility index (Phi) is 7.42. The number of piperidine rings is 1. The number of nitrogens with one attached hydrogen (secondary N) is 4. The number of anilines is 2. The standard InChI is InChI=1S/C28H33N9O2/c1-4-14-36-27(39)22-17-31-28(34-26(22)37(36)24(29)7-8-25(38)32-18(2)3)33-20-5-6-23-19(16-20)11-15-35(23)21-9-12-30-13-10-21/h4-8,11,15-18,21,29-30H,1,9-10,12-14H2,2-3H3,(H,32,38)(H,31,33,34)/b8-7-,29-24?. The number of rotatable bonds is 8. The van der Waals surface area contributed by atoms with E-state index in [0.29, 0.717) is 12.0 Å². The molecule has 11 heteroatoms. The van der Waals surface area contributed by atoms with Crippen LogP contribution in [0.1, 0.15) is 32.7 Å². The van der Waals surface area contributed by atoms with E-state index < -0.39 is 0 Å². The van der Waals surface area contributed by atoms with Gasteiger partial charge in [0.2, 0.25) is 11.9 Å². The molecule has 4 heterocycles. The molecule has 1 aliphatic rings. The van der Waals surface area contributed by atoms with E-state index in [1.165, 1.54) is 33.2 Å². The van der Waals surface area contributed by atoms with E-state index in [2.05, 4.69) is 61.5 Å². The van der Waals surface area contributed by atoms with Gasteiger partial charge in [-0.05, 0) is 70.1 Å². The van der Waals surface area contributed by atoms with Crippen molar-refractivity contribution < 1.29 is 4.79 Å². The Labute approximate surface area is 225 Å². The second-order valence-corrected chi connectivity index (χ2v) is 9.90. The average molecular weight is 528 g/mol. The fourth-order valence-electron chi connectivity index (χ4n) is 4.95. The highest BCUT2D eigenvalue weighted by atomic mass is 16.1. The summed E-state index contributed by atoms with van der Waals surface area (Å²) in [6.45, 7) is 9.65. The molecule has 1 saturated heterocycles. The van der Waals surface area contributed by atoms with E-state index in [-0.39, 0.29) is 40.9 Å². The van der Waals surface area contributed by atoms with Crippen LogP contribution in [0, 0.1) is 5.41 Å². The monoisotopic (exact) mass is 527 g/mol. The Morgan fingerprint density at radius 2 is 2.05 bits per heavy atom. The van der Waals surface area contributed by atoms with Gasteiger partial charge in [-0.2, -0.15) is 4.98 Å². The molecule has 0 saturated carbocycles. The molecule has 0 spiro atoms. The van der Waals surface area contributed by atoms with Crippen molar-refractivity contribution in [2.24, 2.45) is 0 Å². The molecule has 39 heavy (non-hydrogen) atoms. The van der Waals surface area contributed by atoms with Crippen molar-refractivity contribution in [2.75, 3.05) is 18.4 Å². The smallest absolute Gasteiger partial charge is 0.278 e. The molecule has 3 aromatic heterocycles. The zero-order valence-corrected chi connectivity index (χ0v) is 22.1. The van der Waals surface area contributed by atoms with Gasteiger partial charge in [-0.3, -0.25) is 15.0 Å². The minimum Gasteiger partial charge on any atom is -0.350 e. The van der Waals surface area contributed by atoms with Crippen molar-refractivity contribution in [3.05, 3.63) is 71.8 Å². The lowest BCUT2D eigenvalue weighted by molar-refractivity contribution is -0.116. The maximum Gasteiger partial charge on any atom is 0.278 e. The zero-order valence-electron chi connectivity index (χ0n) is 22.1. The Morgan fingerprint density at radius 3 is 2.79 bits per heavy atom. The van der Waals surface area contributed by atoms with Crippen molar-refractivity contribution in [1.82, 2.24) is 34.5 Å². The van der Waals surface area contributed by atoms with Gasteiger partial charge in [0, 0.05) is 47.1 Å². The first-order chi connectivity index (χ1) is 18.9. The lowest BCUT2D eigenvalue weighted by Crippen LogP contribution is -2.29. The number of benzene rings is 1. The third-order valence-corrected chi connectivity index (χ3v) is 6.71. The van der Waals surface area contributed by atoms with Gasteiger partial charge in [0.1, 0.15) is 11.2 Å². The van der Waals surface area contributed by atoms with Crippen molar-refractivity contribution >= 4 is 45.3 Å². The van der Waals surface area contributed by atoms with Gasteiger partial charge in [0.05, 0.1) is 6.54 Å². The summed E-state index contributed by atoms with van der Waals surface area (Å²) in [5.74, 6) is -0.128.